The fourth-order valence-corrected chi connectivity index (χ4v) is 4.83. The van der Waals surface area contributed by atoms with Gasteiger partial charge in [0, 0.05) is 23.0 Å². The Hall–Kier alpha value is -1.65. The Balaban J connectivity index is 2.46. The molecule has 1 fully saturated rings. The third-order valence-corrected chi connectivity index (χ3v) is 6.22. The van der Waals surface area contributed by atoms with E-state index in [1.165, 1.54) is 50.7 Å². The summed E-state index contributed by atoms with van der Waals surface area (Å²) in [6.07, 6.45) is 12.1. The van der Waals surface area contributed by atoms with Gasteiger partial charge in [-0.05, 0) is 103 Å². The van der Waals surface area contributed by atoms with Gasteiger partial charge in [0.15, 0.2) is 0 Å². The Morgan fingerprint density at radius 2 is 1.85 bits per heavy atom. The molecule has 0 spiro atoms. The number of rotatable bonds is 10. The Kier molecular flexibility index (Phi) is 10.2. The smallest absolute Gasteiger partial charge is 0.140 e. The predicted molar refractivity (Wildman–Crippen MR) is 142 cm³/mol. The third kappa shape index (κ3) is 8.90. The minimum Gasteiger partial charge on any atom is -0.491 e. The van der Waals surface area contributed by atoms with E-state index >= 15 is 0 Å². The molecule has 1 unspecified atom stereocenters. The van der Waals surface area contributed by atoms with Crippen LogP contribution in [0.5, 0.6) is 5.75 Å². The van der Waals surface area contributed by atoms with Crippen molar-refractivity contribution >= 4 is 11.3 Å². The SMILES string of the molecule is CCCCC(=N/C=C(\C)c1ccc(OC(C)C)cc1C(C)(O)NC(C)(C)C)C1CCCCC1. The maximum absolute atomic E-state index is 11.5. The molecule has 0 aromatic heterocycles. The van der Waals surface area contributed by atoms with Crippen molar-refractivity contribution < 1.29 is 9.84 Å². The molecule has 33 heavy (non-hydrogen) atoms. The van der Waals surface area contributed by atoms with Gasteiger partial charge in [0.2, 0.25) is 0 Å². The summed E-state index contributed by atoms with van der Waals surface area (Å²) in [7, 11) is 0. The van der Waals surface area contributed by atoms with E-state index in [-0.39, 0.29) is 11.6 Å². The first kappa shape index (κ1) is 27.6. The number of nitrogens with one attached hydrogen (secondary N) is 1. The summed E-state index contributed by atoms with van der Waals surface area (Å²) >= 11 is 0. The lowest BCUT2D eigenvalue weighted by Gasteiger charge is -2.35. The van der Waals surface area contributed by atoms with Gasteiger partial charge in [-0.15, -0.1) is 0 Å². The van der Waals surface area contributed by atoms with Crippen molar-refractivity contribution in [3.8, 4) is 5.75 Å². The number of benzene rings is 1. The van der Waals surface area contributed by atoms with E-state index < -0.39 is 5.72 Å². The average molecular weight is 457 g/mol. The van der Waals surface area contributed by atoms with Crippen molar-refractivity contribution in [1.82, 2.24) is 5.32 Å². The van der Waals surface area contributed by atoms with Gasteiger partial charge < -0.3 is 9.84 Å². The van der Waals surface area contributed by atoms with Crippen molar-refractivity contribution in [2.75, 3.05) is 0 Å². The minimum atomic E-state index is -1.21. The lowest BCUT2D eigenvalue weighted by molar-refractivity contribution is -0.00467. The standard InChI is InChI=1S/C29H48N2O2/c1-9-10-16-27(23-14-12-11-13-15-23)30-20-22(4)25-18-17-24(33-21(2)3)19-26(25)29(8,32)31-28(5,6)7/h17-21,23,31-32H,9-16H2,1-8H3/b22-20+,30-27?. The molecule has 4 nitrogen and oxygen atoms in total. The lowest BCUT2D eigenvalue weighted by atomic mass is 9.84. The third-order valence-electron chi connectivity index (χ3n) is 6.22. The van der Waals surface area contributed by atoms with Gasteiger partial charge in [-0.25, -0.2) is 0 Å². The zero-order chi connectivity index (χ0) is 24.6. The molecule has 0 bridgehead atoms. The summed E-state index contributed by atoms with van der Waals surface area (Å²) in [6, 6.07) is 6.01. The van der Waals surface area contributed by atoms with Crippen molar-refractivity contribution in [3.63, 3.8) is 0 Å². The average Bonchev–Trinajstić information content (AvgIpc) is 2.72. The first-order valence-electron chi connectivity index (χ1n) is 13.0. The largest absolute Gasteiger partial charge is 0.491 e. The van der Waals surface area contributed by atoms with Crippen molar-refractivity contribution in [2.45, 2.75) is 124 Å². The van der Waals surface area contributed by atoms with Gasteiger partial charge in [-0.1, -0.05) is 38.7 Å². The quantitative estimate of drug-likeness (QED) is 0.281. The number of aliphatic imine (C=N–C) groups is 1. The van der Waals surface area contributed by atoms with E-state index in [9.17, 15) is 5.11 Å². The van der Waals surface area contributed by atoms with Gasteiger partial charge in [0.1, 0.15) is 11.5 Å². The topological polar surface area (TPSA) is 53.9 Å². The molecule has 1 aromatic rings. The van der Waals surface area contributed by atoms with Crippen LogP contribution in [0.15, 0.2) is 29.4 Å². The molecule has 0 radical (unpaired) electrons. The molecule has 2 N–H and O–H groups in total. The van der Waals surface area contributed by atoms with Crippen LogP contribution in [0.1, 0.15) is 118 Å². The zero-order valence-electron chi connectivity index (χ0n) is 22.4. The molecule has 0 heterocycles. The van der Waals surface area contributed by atoms with Gasteiger partial charge in [0.05, 0.1) is 6.10 Å². The van der Waals surface area contributed by atoms with E-state index in [0.717, 1.165) is 28.9 Å². The summed E-state index contributed by atoms with van der Waals surface area (Å²) in [5, 5.41) is 14.8. The summed E-state index contributed by atoms with van der Waals surface area (Å²) in [5.74, 6) is 1.39. The van der Waals surface area contributed by atoms with Crippen LogP contribution in [-0.4, -0.2) is 22.5 Å². The van der Waals surface area contributed by atoms with Gasteiger partial charge in [0.25, 0.3) is 0 Å². The fourth-order valence-electron chi connectivity index (χ4n) is 4.83. The van der Waals surface area contributed by atoms with E-state index in [2.05, 4.69) is 46.0 Å². The van der Waals surface area contributed by atoms with Crippen LogP contribution in [0.4, 0.5) is 0 Å². The molecule has 2 rings (SSSR count). The Bertz CT molecular complexity index is 809. The first-order chi connectivity index (χ1) is 15.4. The molecule has 0 aliphatic heterocycles. The predicted octanol–water partition coefficient (Wildman–Crippen LogP) is 7.60. The molecule has 0 saturated heterocycles. The molecule has 186 valence electrons. The molecule has 1 aliphatic carbocycles. The van der Waals surface area contributed by atoms with E-state index in [4.69, 9.17) is 9.73 Å². The highest BCUT2D eigenvalue weighted by atomic mass is 16.5. The monoisotopic (exact) mass is 456 g/mol. The van der Waals surface area contributed by atoms with Crippen molar-refractivity contribution in [1.29, 1.82) is 0 Å². The van der Waals surface area contributed by atoms with Crippen LogP contribution in [0.25, 0.3) is 5.57 Å². The highest BCUT2D eigenvalue weighted by molar-refractivity contribution is 5.88. The highest BCUT2D eigenvalue weighted by Crippen LogP contribution is 2.33. The van der Waals surface area contributed by atoms with Crippen LogP contribution in [0.3, 0.4) is 0 Å². The van der Waals surface area contributed by atoms with Gasteiger partial charge >= 0.3 is 0 Å². The fraction of sp³-hybridized carbons (Fsp3) is 0.690. The lowest BCUT2D eigenvalue weighted by Crippen LogP contribution is -2.50. The number of hydrogen-bond donors (Lipinski definition) is 2. The number of aliphatic hydroxyl groups is 1. The Labute approximate surface area is 202 Å². The number of nitrogens with zero attached hydrogens (tertiary/aromatic N) is 1. The molecule has 4 heteroatoms. The van der Waals surface area contributed by atoms with E-state index in [1.54, 1.807) is 0 Å². The first-order valence-corrected chi connectivity index (χ1v) is 13.0. The number of ether oxygens (including phenoxy) is 1. The molecule has 1 atom stereocenters. The van der Waals surface area contributed by atoms with E-state index in [0.29, 0.717) is 5.92 Å². The van der Waals surface area contributed by atoms with Crippen LogP contribution >= 0.6 is 0 Å². The van der Waals surface area contributed by atoms with Crippen molar-refractivity contribution in [2.24, 2.45) is 10.9 Å². The second kappa shape index (κ2) is 12.2. The maximum atomic E-state index is 11.5. The second-order valence-corrected chi connectivity index (χ2v) is 11.2. The van der Waals surface area contributed by atoms with Crippen LogP contribution in [-0.2, 0) is 5.72 Å². The normalized spacial score (nSPS) is 18.5. The number of allylic oxidation sites excluding steroid dienone is 1. The van der Waals surface area contributed by atoms with Gasteiger partial charge in [-0.2, -0.15) is 0 Å². The van der Waals surface area contributed by atoms with Crippen LogP contribution in [0.2, 0.25) is 0 Å². The van der Waals surface area contributed by atoms with Crippen molar-refractivity contribution in [3.05, 3.63) is 35.5 Å². The molecule has 1 saturated carbocycles. The second-order valence-electron chi connectivity index (χ2n) is 11.2. The molecule has 0 amide bonds. The number of hydrogen-bond acceptors (Lipinski definition) is 4. The molecule has 1 aromatic carbocycles. The maximum Gasteiger partial charge on any atom is 0.140 e. The Morgan fingerprint density at radius 3 is 2.42 bits per heavy atom. The highest BCUT2D eigenvalue weighted by Gasteiger charge is 2.31. The van der Waals surface area contributed by atoms with Gasteiger partial charge in [-0.3, -0.25) is 10.3 Å². The number of unbranched alkanes of at least 4 members (excludes halogenated alkanes) is 1. The molecule has 1 aliphatic rings. The summed E-state index contributed by atoms with van der Waals surface area (Å²) in [5.41, 5.74) is 2.76. The summed E-state index contributed by atoms with van der Waals surface area (Å²) < 4.78 is 5.95. The molecular formula is C29H48N2O2. The summed E-state index contributed by atoms with van der Waals surface area (Å²) in [4.78, 5) is 5.05. The Morgan fingerprint density at radius 1 is 1.18 bits per heavy atom. The summed E-state index contributed by atoms with van der Waals surface area (Å²) in [6.45, 7) is 16.4. The minimum absolute atomic E-state index is 0.0714. The zero-order valence-corrected chi connectivity index (χ0v) is 22.4. The van der Waals surface area contributed by atoms with Crippen LogP contribution < -0.4 is 10.1 Å². The van der Waals surface area contributed by atoms with Crippen LogP contribution in [0, 0.1) is 5.92 Å². The van der Waals surface area contributed by atoms with E-state index in [1.807, 2.05) is 39.1 Å². The molecular weight excluding hydrogens is 408 g/mol.